The molecule has 21 heavy (non-hydrogen) atoms. The third-order valence-corrected chi connectivity index (χ3v) is 6.83. The molecule has 0 aromatic carbocycles. The van der Waals surface area contributed by atoms with Gasteiger partial charge in [-0.05, 0) is 25.7 Å². The van der Waals surface area contributed by atoms with E-state index in [9.17, 15) is 13.2 Å². The van der Waals surface area contributed by atoms with E-state index in [4.69, 9.17) is 5.73 Å². The molecule has 1 fully saturated rings. The number of hydrogen-bond acceptors (Lipinski definition) is 4. The fourth-order valence-corrected chi connectivity index (χ4v) is 4.63. The van der Waals surface area contributed by atoms with E-state index in [1.165, 1.54) is 0 Å². The molecule has 0 radical (unpaired) electrons. The first-order valence-corrected chi connectivity index (χ1v) is 9.33. The molecule has 3 N–H and O–H groups in total. The molecule has 0 heterocycles. The standard InChI is InChI=1S/C14H28N2O3S.ClH/c1-3-14(4-2,11-15)16-13(17)9-10-20(18,19)12-7-5-6-8-12;/h12H,3-11,15H2,1-2H3,(H,16,17);1H. The first kappa shape index (κ1) is 20.7. The zero-order valence-electron chi connectivity index (χ0n) is 13.1. The third kappa shape index (κ3) is 5.75. The van der Waals surface area contributed by atoms with E-state index in [2.05, 4.69) is 5.32 Å². The van der Waals surface area contributed by atoms with Crippen molar-refractivity contribution in [1.29, 1.82) is 0 Å². The Bertz CT molecular complexity index is 408. The van der Waals surface area contributed by atoms with E-state index in [-0.39, 0.29) is 35.7 Å². The van der Waals surface area contributed by atoms with Gasteiger partial charge in [0.15, 0.2) is 9.84 Å². The number of carbonyl (C=O) groups excluding carboxylic acids is 1. The van der Waals surface area contributed by atoms with Crippen LogP contribution in [-0.4, -0.2) is 37.4 Å². The van der Waals surface area contributed by atoms with Gasteiger partial charge in [0, 0.05) is 13.0 Å². The van der Waals surface area contributed by atoms with Gasteiger partial charge in [0.25, 0.3) is 0 Å². The maximum atomic E-state index is 12.1. The normalized spacial score (nSPS) is 16.5. The van der Waals surface area contributed by atoms with E-state index in [0.717, 1.165) is 38.5 Å². The van der Waals surface area contributed by atoms with Crippen LogP contribution in [0.1, 0.15) is 58.8 Å². The smallest absolute Gasteiger partial charge is 0.221 e. The highest BCUT2D eigenvalue weighted by Gasteiger charge is 2.30. The Morgan fingerprint density at radius 3 is 2.19 bits per heavy atom. The van der Waals surface area contributed by atoms with E-state index in [0.29, 0.717) is 6.54 Å². The van der Waals surface area contributed by atoms with E-state index in [1.54, 1.807) is 0 Å². The average molecular weight is 341 g/mol. The summed E-state index contributed by atoms with van der Waals surface area (Å²) in [5.74, 6) is -0.252. The Kier molecular flexibility index (Phi) is 8.81. The van der Waals surface area contributed by atoms with Crippen LogP contribution < -0.4 is 11.1 Å². The van der Waals surface area contributed by atoms with Gasteiger partial charge in [-0.1, -0.05) is 26.7 Å². The number of nitrogens with one attached hydrogen (secondary N) is 1. The minimum absolute atomic E-state index is 0. The molecule has 5 nitrogen and oxygen atoms in total. The second kappa shape index (κ2) is 8.96. The molecule has 0 atom stereocenters. The summed E-state index contributed by atoms with van der Waals surface area (Å²) in [7, 11) is -3.12. The topological polar surface area (TPSA) is 89.3 Å². The van der Waals surface area contributed by atoms with Gasteiger partial charge in [-0.3, -0.25) is 4.79 Å². The molecule has 0 bridgehead atoms. The minimum atomic E-state index is -3.12. The fourth-order valence-electron chi connectivity index (χ4n) is 2.77. The number of nitrogens with two attached hydrogens (primary N) is 1. The lowest BCUT2D eigenvalue weighted by molar-refractivity contribution is -0.122. The lowest BCUT2D eigenvalue weighted by Gasteiger charge is -2.31. The van der Waals surface area contributed by atoms with Gasteiger partial charge in [-0.25, -0.2) is 8.42 Å². The molecular weight excluding hydrogens is 312 g/mol. The molecule has 7 heteroatoms. The van der Waals surface area contributed by atoms with Crippen LogP contribution in [0.5, 0.6) is 0 Å². The summed E-state index contributed by atoms with van der Waals surface area (Å²) in [4.78, 5) is 12.0. The van der Waals surface area contributed by atoms with Crippen molar-refractivity contribution in [3.05, 3.63) is 0 Å². The molecule has 0 aromatic rings. The van der Waals surface area contributed by atoms with Crippen molar-refractivity contribution in [3.63, 3.8) is 0 Å². The SMILES string of the molecule is CCC(CC)(CN)NC(=O)CCS(=O)(=O)C1CCCC1.Cl. The lowest BCUT2D eigenvalue weighted by atomic mass is 9.93. The van der Waals surface area contributed by atoms with Gasteiger partial charge in [0.2, 0.25) is 5.91 Å². The van der Waals surface area contributed by atoms with Crippen LogP contribution >= 0.6 is 12.4 Å². The van der Waals surface area contributed by atoms with Crippen LogP contribution in [0.4, 0.5) is 0 Å². The Morgan fingerprint density at radius 2 is 1.76 bits per heavy atom. The summed E-state index contributed by atoms with van der Waals surface area (Å²) in [5.41, 5.74) is 5.33. The van der Waals surface area contributed by atoms with Crippen molar-refractivity contribution < 1.29 is 13.2 Å². The third-order valence-electron chi connectivity index (χ3n) is 4.57. The largest absolute Gasteiger partial charge is 0.349 e. The van der Waals surface area contributed by atoms with Crippen molar-refractivity contribution in [2.24, 2.45) is 5.73 Å². The number of sulfone groups is 1. The predicted octanol–water partition coefficient (Wildman–Crippen LogP) is 1.79. The maximum absolute atomic E-state index is 12.1. The summed E-state index contributed by atoms with van der Waals surface area (Å²) < 4.78 is 24.2. The molecule has 0 spiro atoms. The molecule has 1 saturated carbocycles. The Labute approximate surface area is 134 Å². The van der Waals surface area contributed by atoms with Gasteiger partial charge in [-0.2, -0.15) is 0 Å². The molecule has 1 aliphatic carbocycles. The number of rotatable bonds is 8. The van der Waals surface area contributed by atoms with Crippen molar-refractivity contribution in [1.82, 2.24) is 5.32 Å². The molecule has 0 unspecified atom stereocenters. The highest BCUT2D eigenvalue weighted by molar-refractivity contribution is 7.92. The number of halogens is 1. The van der Waals surface area contributed by atoms with Crippen LogP contribution in [0, 0.1) is 0 Å². The first-order valence-electron chi connectivity index (χ1n) is 7.62. The zero-order valence-corrected chi connectivity index (χ0v) is 14.7. The molecule has 0 aliphatic heterocycles. The van der Waals surface area contributed by atoms with Crippen LogP contribution in [-0.2, 0) is 14.6 Å². The predicted molar refractivity (Wildman–Crippen MR) is 88.4 cm³/mol. The summed E-state index contributed by atoms with van der Waals surface area (Å²) >= 11 is 0. The quantitative estimate of drug-likeness (QED) is 0.705. The summed E-state index contributed by atoms with van der Waals surface area (Å²) in [6.45, 7) is 4.33. The van der Waals surface area contributed by atoms with Gasteiger partial charge in [-0.15, -0.1) is 12.4 Å². The molecule has 1 aliphatic rings. The van der Waals surface area contributed by atoms with Gasteiger partial charge in [0.1, 0.15) is 0 Å². The Balaban J connectivity index is 0.00000400. The monoisotopic (exact) mass is 340 g/mol. The van der Waals surface area contributed by atoms with Gasteiger partial charge >= 0.3 is 0 Å². The van der Waals surface area contributed by atoms with Crippen LogP contribution in [0.3, 0.4) is 0 Å². The first-order chi connectivity index (χ1) is 9.39. The van der Waals surface area contributed by atoms with Crippen LogP contribution in [0.15, 0.2) is 0 Å². The lowest BCUT2D eigenvalue weighted by Crippen LogP contribution is -2.53. The highest BCUT2D eigenvalue weighted by atomic mass is 35.5. The second-order valence-electron chi connectivity index (χ2n) is 5.76. The van der Waals surface area contributed by atoms with Crippen LogP contribution in [0.2, 0.25) is 0 Å². The van der Waals surface area contributed by atoms with Crippen molar-refractivity contribution in [2.45, 2.75) is 69.6 Å². The number of carbonyl (C=O) groups is 1. The second-order valence-corrected chi connectivity index (χ2v) is 8.16. The molecule has 1 amide bonds. The fraction of sp³-hybridized carbons (Fsp3) is 0.929. The molecular formula is C14H29ClN2O3S. The Morgan fingerprint density at radius 1 is 1.24 bits per heavy atom. The van der Waals surface area contributed by atoms with Crippen molar-refractivity contribution in [3.8, 4) is 0 Å². The molecule has 126 valence electrons. The van der Waals surface area contributed by atoms with E-state index < -0.39 is 15.4 Å². The van der Waals surface area contributed by atoms with Crippen molar-refractivity contribution in [2.75, 3.05) is 12.3 Å². The maximum Gasteiger partial charge on any atom is 0.221 e. The summed E-state index contributed by atoms with van der Waals surface area (Å²) in [6, 6.07) is 0. The highest BCUT2D eigenvalue weighted by Crippen LogP contribution is 2.25. The molecule has 1 rings (SSSR count). The van der Waals surface area contributed by atoms with E-state index >= 15 is 0 Å². The number of hydrogen-bond donors (Lipinski definition) is 2. The summed E-state index contributed by atoms with van der Waals surface area (Å²) in [5, 5.41) is 2.68. The zero-order chi connectivity index (χ0) is 15.2. The molecule has 0 aromatic heterocycles. The average Bonchev–Trinajstić information content (AvgIpc) is 2.98. The summed E-state index contributed by atoms with van der Waals surface area (Å²) in [6.07, 6.45) is 5.01. The minimum Gasteiger partial charge on any atom is -0.349 e. The van der Waals surface area contributed by atoms with Crippen LogP contribution in [0.25, 0.3) is 0 Å². The number of amides is 1. The van der Waals surface area contributed by atoms with Gasteiger partial charge in [0.05, 0.1) is 16.5 Å². The molecule has 0 saturated heterocycles. The van der Waals surface area contributed by atoms with E-state index in [1.807, 2.05) is 13.8 Å². The van der Waals surface area contributed by atoms with Crippen molar-refractivity contribution >= 4 is 28.2 Å². The Hall–Kier alpha value is -0.330. The van der Waals surface area contributed by atoms with Gasteiger partial charge < -0.3 is 11.1 Å².